The van der Waals surface area contributed by atoms with E-state index in [1.54, 1.807) is 4.68 Å². The van der Waals surface area contributed by atoms with Gasteiger partial charge in [-0.1, -0.05) is 37.9 Å². The number of hydrogen-bond donors (Lipinski definition) is 2. The van der Waals surface area contributed by atoms with Crippen molar-refractivity contribution in [3.63, 3.8) is 0 Å². The van der Waals surface area contributed by atoms with Crippen molar-refractivity contribution >= 4 is 17.7 Å². The van der Waals surface area contributed by atoms with Crippen molar-refractivity contribution in [2.24, 2.45) is 0 Å². The maximum atomic E-state index is 12.1. The summed E-state index contributed by atoms with van der Waals surface area (Å²) in [5.74, 6) is 6.72. The maximum absolute atomic E-state index is 12.1. The Morgan fingerprint density at radius 3 is 2.76 bits per heavy atom. The van der Waals surface area contributed by atoms with Crippen LogP contribution in [0.1, 0.15) is 50.9 Å². The summed E-state index contributed by atoms with van der Waals surface area (Å²) < 4.78 is 3.00. The summed E-state index contributed by atoms with van der Waals surface area (Å²) in [6.07, 6.45) is 4.51. The van der Waals surface area contributed by atoms with E-state index in [1.165, 1.54) is 29.3 Å². The first-order valence-corrected chi connectivity index (χ1v) is 9.57. The van der Waals surface area contributed by atoms with Crippen LogP contribution < -0.4 is 11.2 Å². The number of hydrogen-bond acceptors (Lipinski definition) is 6. The van der Waals surface area contributed by atoms with Gasteiger partial charge in [-0.15, -0.1) is 10.2 Å². The topological polar surface area (TPSA) is 104 Å². The Bertz CT molecular complexity index is 709. The monoisotopic (exact) mass is 365 g/mol. The summed E-state index contributed by atoms with van der Waals surface area (Å²) in [4.78, 5) is 12.1. The first-order chi connectivity index (χ1) is 11.9. The lowest BCUT2D eigenvalue weighted by atomic mass is 10.1. The normalized spacial score (nSPS) is 12.3. The quantitative estimate of drug-likeness (QED) is 0.400. The molecule has 25 heavy (non-hydrogen) atoms. The van der Waals surface area contributed by atoms with Crippen LogP contribution in [0.15, 0.2) is 11.2 Å². The van der Waals surface area contributed by atoms with E-state index in [0.717, 1.165) is 24.2 Å². The molecule has 0 saturated carbocycles. The van der Waals surface area contributed by atoms with Gasteiger partial charge < -0.3 is 11.2 Å². The van der Waals surface area contributed by atoms with E-state index in [-0.39, 0.29) is 17.7 Å². The van der Waals surface area contributed by atoms with Crippen LogP contribution in [0.4, 0.5) is 0 Å². The van der Waals surface area contributed by atoms with Crippen LogP contribution in [0.25, 0.3) is 5.95 Å². The smallest absolute Gasteiger partial charge is 0.271 e. The largest absolute Gasteiger partial charge is 0.353 e. The van der Waals surface area contributed by atoms with Gasteiger partial charge in [-0.2, -0.15) is 5.10 Å². The van der Waals surface area contributed by atoms with Gasteiger partial charge in [0, 0.05) is 11.7 Å². The number of nitrogen functional groups attached to an aromatic ring is 1. The molecule has 1 amide bonds. The zero-order valence-electron chi connectivity index (χ0n) is 15.3. The Morgan fingerprint density at radius 1 is 1.36 bits per heavy atom. The second-order valence-electron chi connectivity index (χ2n) is 6.24. The molecular weight excluding hydrogens is 338 g/mol. The van der Waals surface area contributed by atoms with Gasteiger partial charge >= 0.3 is 0 Å². The summed E-state index contributed by atoms with van der Waals surface area (Å²) >= 11 is 1.26. The van der Waals surface area contributed by atoms with Crippen molar-refractivity contribution in [2.45, 2.75) is 64.6 Å². The molecule has 0 saturated heterocycles. The number of carbonyl (C=O) groups is 1. The van der Waals surface area contributed by atoms with Crippen LogP contribution in [-0.4, -0.2) is 42.4 Å². The number of aromatic nitrogens is 5. The number of thioether (sulfide) groups is 1. The Balaban J connectivity index is 1.89. The van der Waals surface area contributed by atoms with Gasteiger partial charge in [-0.3, -0.25) is 4.79 Å². The number of carbonyl (C=O) groups excluding carboxylic acids is 1. The predicted molar refractivity (Wildman–Crippen MR) is 99.2 cm³/mol. The van der Waals surface area contributed by atoms with Crippen LogP contribution in [0.3, 0.4) is 0 Å². The lowest BCUT2D eigenvalue weighted by Gasteiger charge is -2.13. The van der Waals surface area contributed by atoms with E-state index in [1.807, 2.05) is 26.8 Å². The van der Waals surface area contributed by atoms with Gasteiger partial charge in [-0.25, -0.2) is 9.36 Å². The molecular formula is C16H27N7OS. The molecule has 0 bridgehead atoms. The van der Waals surface area contributed by atoms with Gasteiger partial charge in [0.2, 0.25) is 11.1 Å². The molecule has 0 fully saturated rings. The average molecular weight is 366 g/mol. The Labute approximate surface area is 152 Å². The Morgan fingerprint density at radius 2 is 2.12 bits per heavy atom. The van der Waals surface area contributed by atoms with E-state index in [0.29, 0.717) is 11.1 Å². The first kappa shape index (κ1) is 19.3. The van der Waals surface area contributed by atoms with E-state index < -0.39 is 0 Å². The molecule has 2 rings (SSSR count). The molecule has 2 heterocycles. The van der Waals surface area contributed by atoms with Crippen LogP contribution >= 0.6 is 11.8 Å². The van der Waals surface area contributed by atoms with E-state index in [2.05, 4.69) is 27.5 Å². The second-order valence-corrected chi connectivity index (χ2v) is 7.19. The highest BCUT2D eigenvalue weighted by molar-refractivity contribution is 7.99. The van der Waals surface area contributed by atoms with Crippen molar-refractivity contribution in [1.29, 1.82) is 0 Å². The molecule has 0 spiro atoms. The molecule has 8 nitrogen and oxygen atoms in total. The minimum atomic E-state index is -0.0235. The minimum Gasteiger partial charge on any atom is -0.353 e. The lowest BCUT2D eigenvalue weighted by Crippen LogP contribution is -2.33. The summed E-state index contributed by atoms with van der Waals surface area (Å²) in [5.41, 5.74) is 1.80. The summed E-state index contributed by atoms with van der Waals surface area (Å²) in [6.45, 7) is 8.03. The minimum absolute atomic E-state index is 0.0235. The molecule has 0 aromatic carbocycles. The number of rotatable bonds is 9. The molecule has 3 N–H and O–H groups in total. The molecule has 0 aliphatic rings. The number of aryl methyl sites for hydroxylation is 2. The summed E-state index contributed by atoms with van der Waals surface area (Å²) in [7, 11) is 0. The zero-order chi connectivity index (χ0) is 18.4. The molecule has 1 unspecified atom stereocenters. The van der Waals surface area contributed by atoms with Crippen molar-refractivity contribution in [3.8, 4) is 5.95 Å². The third kappa shape index (κ3) is 5.22. The number of nitrogens with one attached hydrogen (secondary N) is 1. The van der Waals surface area contributed by atoms with E-state index in [4.69, 9.17) is 5.84 Å². The Hall–Kier alpha value is -2.03. The van der Waals surface area contributed by atoms with E-state index >= 15 is 0 Å². The number of nitrogens with two attached hydrogens (primary N) is 1. The van der Waals surface area contributed by atoms with Crippen molar-refractivity contribution in [2.75, 3.05) is 11.6 Å². The van der Waals surface area contributed by atoms with Crippen molar-refractivity contribution < 1.29 is 4.79 Å². The van der Waals surface area contributed by atoms with Gasteiger partial charge in [0.05, 0.1) is 11.4 Å². The highest BCUT2D eigenvalue weighted by Crippen LogP contribution is 2.17. The second kappa shape index (κ2) is 8.89. The summed E-state index contributed by atoms with van der Waals surface area (Å²) in [6, 6.07) is 2.12. The van der Waals surface area contributed by atoms with Crippen molar-refractivity contribution in [3.05, 3.63) is 17.5 Å². The van der Waals surface area contributed by atoms with Crippen LogP contribution in [0, 0.1) is 13.8 Å². The number of unbranched alkanes of at least 4 members (excludes halogenated alkanes) is 2. The molecule has 1 atom stereocenters. The maximum Gasteiger partial charge on any atom is 0.271 e. The van der Waals surface area contributed by atoms with Gasteiger partial charge in [0.1, 0.15) is 0 Å². The van der Waals surface area contributed by atoms with Gasteiger partial charge in [0.25, 0.3) is 5.95 Å². The number of amides is 1. The Kier molecular flexibility index (Phi) is 6.86. The van der Waals surface area contributed by atoms with Crippen LogP contribution in [-0.2, 0) is 4.79 Å². The third-order valence-corrected chi connectivity index (χ3v) is 4.77. The highest BCUT2D eigenvalue weighted by Gasteiger charge is 2.16. The first-order valence-electron chi connectivity index (χ1n) is 8.58. The standard InChI is InChI=1S/C16H27N7OS/c1-5-6-7-8-11(2)18-14(24)10-25-16-20-19-15(22(16)17)23-13(4)9-12(3)21-23/h9,11H,5-8,10,17H2,1-4H3,(H,18,24). The molecule has 0 aliphatic carbocycles. The SMILES string of the molecule is CCCCCC(C)NC(=O)CSc1nnc(-n2nc(C)cc2C)n1N. The predicted octanol–water partition coefficient (Wildman–Crippen LogP) is 1.97. The van der Waals surface area contributed by atoms with Crippen molar-refractivity contribution in [1.82, 2.24) is 30.0 Å². The number of nitrogens with zero attached hydrogens (tertiary/aromatic N) is 5. The molecule has 138 valence electrons. The average Bonchev–Trinajstić information content (AvgIpc) is 3.07. The fourth-order valence-electron chi connectivity index (χ4n) is 2.56. The molecule has 2 aromatic heterocycles. The lowest BCUT2D eigenvalue weighted by molar-refractivity contribution is -0.119. The molecule has 9 heteroatoms. The highest BCUT2D eigenvalue weighted by atomic mass is 32.2. The van der Waals surface area contributed by atoms with Crippen LogP contribution in [0.5, 0.6) is 0 Å². The summed E-state index contributed by atoms with van der Waals surface area (Å²) in [5, 5.41) is 16.0. The zero-order valence-corrected chi connectivity index (χ0v) is 16.1. The molecule has 2 aromatic rings. The third-order valence-electron chi connectivity index (χ3n) is 3.83. The van der Waals surface area contributed by atoms with E-state index in [9.17, 15) is 4.79 Å². The van der Waals surface area contributed by atoms with Crippen LogP contribution in [0.2, 0.25) is 0 Å². The fourth-order valence-corrected chi connectivity index (χ4v) is 3.23. The molecule has 0 aliphatic heterocycles. The van der Waals surface area contributed by atoms with Gasteiger partial charge in [-0.05, 0) is 33.3 Å². The molecule has 0 radical (unpaired) electrons. The van der Waals surface area contributed by atoms with Gasteiger partial charge in [0.15, 0.2) is 0 Å². The fraction of sp³-hybridized carbons (Fsp3) is 0.625.